The number of H-pyrrole nitrogens is 1. The lowest BCUT2D eigenvalue weighted by molar-refractivity contribution is 1.05. The quantitative estimate of drug-likeness (QED) is 0.684. The van der Waals surface area contributed by atoms with Crippen LogP contribution < -0.4 is 5.45 Å². The molecule has 0 aliphatic carbocycles. The summed E-state index contributed by atoms with van der Waals surface area (Å²) in [5.41, 5.74) is 1.24. The van der Waals surface area contributed by atoms with Crippen molar-refractivity contribution >= 4 is 13.5 Å². The molecule has 1 aromatic rings. The van der Waals surface area contributed by atoms with Gasteiger partial charge >= 0.3 is 0 Å². The Balaban J connectivity index is 2.73. The fourth-order valence-corrected chi connectivity index (χ4v) is 3.76. The maximum atomic E-state index is 4.31. The van der Waals surface area contributed by atoms with Crippen molar-refractivity contribution in [1.82, 2.24) is 9.97 Å². The summed E-state index contributed by atoms with van der Waals surface area (Å²) in [6.45, 7) is 6.95. The van der Waals surface area contributed by atoms with Crippen molar-refractivity contribution < 1.29 is 0 Å². The molecule has 0 radical (unpaired) electrons. The molecule has 1 aromatic heterocycles. The zero-order valence-electron chi connectivity index (χ0n) is 7.52. The molecule has 3 heteroatoms. The molecule has 2 nitrogen and oxygen atoms in total. The second kappa shape index (κ2) is 3.22. The van der Waals surface area contributed by atoms with E-state index in [1.165, 1.54) is 17.9 Å². The van der Waals surface area contributed by atoms with Crippen LogP contribution in [0.15, 0.2) is 12.4 Å². The molecule has 0 aliphatic heterocycles. The van der Waals surface area contributed by atoms with Crippen LogP contribution in [0, 0.1) is 0 Å². The molecule has 1 rings (SSSR count). The summed E-state index contributed by atoms with van der Waals surface area (Å²) in [5, 5.41) is 0. The summed E-state index contributed by atoms with van der Waals surface area (Å²) < 4.78 is 0. The number of nitrogens with zero attached hydrogens (tertiary/aromatic N) is 1. The molecule has 0 saturated carbocycles. The van der Waals surface area contributed by atoms with Gasteiger partial charge in [0.1, 0.15) is 8.07 Å². The van der Waals surface area contributed by atoms with Gasteiger partial charge in [0.25, 0.3) is 0 Å². The second-order valence-corrected chi connectivity index (χ2v) is 8.31. The third kappa shape index (κ3) is 1.93. The van der Waals surface area contributed by atoms with E-state index in [0.717, 1.165) is 0 Å². The van der Waals surface area contributed by atoms with Crippen LogP contribution in [0.2, 0.25) is 19.1 Å². The first kappa shape index (κ1) is 8.52. The van der Waals surface area contributed by atoms with Gasteiger partial charge in [-0.15, -0.1) is 0 Å². The predicted octanol–water partition coefficient (Wildman–Crippen LogP) is 1.74. The molecule has 0 amide bonds. The van der Waals surface area contributed by atoms with Crippen molar-refractivity contribution in [3.63, 3.8) is 0 Å². The first-order valence-electron chi connectivity index (χ1n) is 4.16. The highest BCUT2D eigenvalue weighted by Gasteiger charge is 2.24. The Morgan fingerprint density at radius 2 is 2.27 bits per heavy atom. The zero-order chi connectivity index (χ0) is 8.32. The highest BCUT2D eigenvalue weighted by Crippen LogP contribution is 2.09. The lowest BCUT2D eigenvalue weighted by atomic mass is 10.6. The van der Waals surface area contributed by atoms with Crippen molar-refractivity contribution in [1.29, 1.82) is 0 Å². The maximum Gasteiger partial charge on any atom is 0.126 e. The van der Waals surface area contributed by atoms with Crippen molar-refractivity contribution in [2.24, 2.45) is 0 Å². The smallest absolute Gasteiger partial charge is 0.126 e. The largest absolute Gasteiger partial charge is 0.353 e. The predicted molar refractivity (Wildman–Crippen MR) is 50.8 cm³/mol. The summed E-state index contributed by atoms with van der Waals surface area (Å²) in [7, 11) is -1.19. The maximum absolute atomic E-state index is 4.31. The molecule has 0 unspecified atom stereocenters. The summed E-state index contributed by atoms with van der Waals surface area (Å²) in [5.74, 6) is 0. The van der Waals surface area contributed by atoms with Crippen molar-refractivity contribution in [2.45, 2.75) is 32.5 Å². The monoisotopic (exact) mass is 168 g/mol. The van der Waals surface area contributed by atoms with Crippen LogP contribution in [0.25, 0.3) is 0 Å². The molecule has 0 aliphatic rings. The van der Waals surface area contributed by atoms with E-state index in [4.69, 9.17) is 0 Å². The Kier molecular flexibility index (Phi) is 2.49. The zero-order valence-corrected chi connectivity index (χ0v) is 8.52. The van der Waals surface area contributed by atoms with Crippen molar-refractivity contribution in [2.75, 3.05) is 0 Å². The lowest BCUT2D eigenvalue weighted by Crippen LogP contribution is -2.43. The van der Waals surface area contributed by atoms with Gasteiger partial charge < -0.3 is 4.98 Å². The molecule has 1 heterocycles. The van der Waals surface area contributed by atoms with Crippen LogP contribution in [-0.4, -0.2) is 18.0 Å². The van der Waals surface area contributed by atoms with Gasteiger partial charge in [-0.2, -0.15) is 0 Å². The van der Waals surface area contributed by atoms with E-state index in [9.17, 15) is 0 Å². The Morgan fingerprint density at radius 3 is 2.73 bits per heavy atom. The van der Waals surface area contributed by atoms with Crippen LogP contribution >= 0.6 is 0 Å². The molecule has 0 bridgehead atoms. The Hall–Kier alpha value is -0.573. The number of rotatable bonds is 3. The van der Waals surface area contributed by atoms with Gasteiger partial charge in [0.05, 0.1) is 5.45 Å². The molecule has 0 spiro atoms. The Bertz CT molecular complexity index is 204. The lowest BCUT2D eigenvalue weighted by Gasteiger charge is -2.17. The number of hydrogen-bond acceptors (Lipinski definition) is 1. The normalized spacial score (nSPS) is 11.9. The highest BCUT2D eigenvalue weighted by molar-refractivity contribution is 6.88. The minimum Gasteiger partial charge on any atom is -0.353 e. The minimum atomic E-state index is -1.19. The minimum absolute atomic E-state index is 1.19. The third-order valence-electron chi connectivity index (χ3n) is 2.01. The Labute approximate surface area is 69.1 Å². The van der Waals surface area contributed by atoms with Gasteiger partial charge in [0.2, 0.25) is 0 Å². The van der Waals surface area contributed by atoms with Crippen molar-refractivity contribution in [3.8, 4) is 0 Å². The number of imidazole rings is 1. The van der Waals surface area contributed by atoms with Gasteiger partial charge in [-0.25, -0.2) is 4.98 Å². The van der Waals surface area contributed by atoms with Gasteiger partial charge in [-0.1, -0.05) is 32.5 Å². The average molecular weight is 168 g/mol. The van der Waals surface area contributed by atoms with E-state index in [1.54, 1.807) is 0 Å². The molecular formula is C8H16N2Si. The SMILES string of the molecule is CCC[Si](C)(C)c1ncc[nH]1. The van der Waals surface area contributed by atoms with Gasteiger partial charge in [0, 0.05) is 12.4 Å². The number of hydrogen-bond donors (Lipinski definition) is 1. The topological polar surface area (TPSA) is 28.7 Å². The highest BCUT2D eigenvalue weighted by atomic mass is 28.3. The summed E-state index contributed by atoms with van der Waals surface area (Å²) in [6.07, 6.45) is 5.03. The molecule has 0 saturated heterocycles. The first-order valence-corrected chi connectivity index (χ1v) is 7.37. The molecule has 1 N–H and O–H groups in total. The number of nitrogens with one attached hydrogen (secondary N) is 1. The first-order chi connectivity index (χ1) is 5.17. The van der Waals surface area contributed by atoms with E-state index < -0.39 is 8.07 Å². The number of aromatic amines is 1. The second-order valence-electron chi connectivity index (χ2n) is 3.57. The molecule has 0 aromatic carbocycles. The van der Waals surface area contributed by atoms with Crippen LogP contribution in [0.1, 0.15) is 13.3 Å². The summed E-state index contributed by atoms with van der Waals surface area (Å²) >= 11 is 0. The molecule has 11 heavy (non-hydrogen) atoms. The van der Waals surface area contributed by atoms with Crippen LogP contribution in [0.5, 0.6) is 0 Å². The summed E-state index contributed by atoms with van der Waals surface area (Å²) in [6, 6.07) is 1.32. The molecule has 0 atom stereocenters. The van der Waals surface area contributed by atoms with Crippen LogP contribution in [0.4, 0.5) is 0 Å². The molecule has 0 fully saturated rings. The Morgan fingerprint density at radius 1 is 1.55 bits per heavy atom. The molecule has 62 valence electrons. The van der Waals surface area contributed by atoms with E-state index >= 15 is 0 Å². The van der Waals surface area contributed by atoms with Crippen molar-refractivity contribution in [3.05, 3.63) is 12.4 Å². The average Bonchev–Trinajstić information content (AvgIpc) is 2.37. The van der Waals surface area contributed by atoms with E-state index in [2.05, 4.69) is 30.0 Å². The number of aromatic nitrogens is 2. The van der Waals surface area contributed by atoms with Gasteiger partial charge in [0.15, 0.2) is 0 Å². The van der Waals surface area contributed by atoms with Gasteiger partial charge in [-0.05, 0) is 0 Å². The fraction of sp³-hybridized carbons (Fsp3) is 0.625. The van der Waals surface area contributed by atoms with Crippen LogP contribution in [-0.2, 0) is 0 Å². The summed E-state index contributed by atoms with van der Waals surface area (Å²) in [4.78, 5) is 7.53. The van der Waals surface area contributed by atoms with Crippen LogP contribution in [0.3, 0.4) is 0 Å². The third-order valence-corrected chi connectivity index (χ3v) is 5.32. The molecular weight excluding hydrogens is 152 g/mol. The van der Waals surface area contributed by atoms with E-state index in [1.807, 2.05) is 12.4 Å². The van der Waals surface area contributed by atoms with E-state index in [-0.39, 0.29) is 0 Å². The van der Waals surface area contributed by atoms with Gasteiger partial charge in [-0.3, -0.25) is 0 Å². The van der Waals surface area contributed by atoms with E-state index in [0.29, 0.717) is 0 Å². The standard InChI is InChI=1S/C8H16N2Si/c1-4-7-11(2,3)8-9-5-6-10-8/h5-6H,4,7H2,1-3H3,(H,9,10). The fourth-order valence-electron chi connectivity index (χ4n) is 1.38.